The molecule has 1 aromatic carbocycles. The average molecular weight is 352 g/mol. The first-order valence-corrected chi connectivity index (χ1v) is 9.45. The maximum Gasteiger partial charge on any atom is 0.269 e. The lowest BCUT2D eigenvalue weighted by atomic mass is 10.2. The van der Waals surface area contributed by atoms with Gasteiger partial charge >= 0.3 is 0 Å². The number of amides is 1. The van der Waals surface area contributed by atoms with Crippen LogP contribution in [-0.4, -0.2) is 55.1 Å². The minimum atomic E-state index is -0.0858. The summed E-state index contributed by atoms with van der Waals surface area (Å²) in [6.45, 7) is 8.33. The average Bonchev–Trinajstić information content (AvgIpc) is 2.69. The van der Waals surface area contributed by atoms with Gasteiger partial charge in [-0.1, -0.05) is 18.2 Å². The van der Waals surface area contributed by atoms with Gasteiger partial charge in [0.05, 0.1) is 0 Å². The molecule has 5 heteroatoms. The lowest BCUT2D eigenvalue weighted by molar-refractivity contribution is 0.0947. The van der Waals surface area contributed by atoms with Gasteiger partial charge in [0.15, 0.2) is 0 Å². The second kappa shape index (κ2) is 9.34. The second-order valence-electron chi connectivity index (χ2n) is 6.85. The number of carbonyl (C=O) groups excluding carboxylic acids is 1. The van der Waals surface area contributed by atoms with Gasteiger partial charge in [-0.15, -0.1) is 0 Å². The molecule has 1 amide bonds. The molecule has 2 aromatic rings. The number of unbranched alkanes of at least 4 members (excludes halogenated alkanes) is 1. The minimum Gasteiger partial charge on any atom is -0.369 e. The predicted molar refractivity (Wildman–Crippen MR) is 106 cm³/mol. The Morgan fingerprint density at radius 1 is 1.08 bits per heavy atom. The SMILES string of the molecule is Cc1cccc(N2CCN(CCCCNC(=O)c3ccccn3)CC2)c1. The van der Waals surface area contributed by atoms with Crippen LogP contribution in [0.25, 0.3) is 0 Å². The predicted octanol–water partition coefficient (Wildman–Crippen LogP) is 2.72. The summed E-state index contributed by atoms with van der Waals surface area (Å²) in [5.41, 5.74) is 3.14. The van der Waals surface area contributed by atoms with E-state index in [9.17, 15) is 4.79 Å². The summed E-state index contributed by atoms with van der Waals surface area (Å²) < 4.78 is 0. The maximum absolute atomic E-state index is 11.9. The molecule has 3 rings (SSSR count). The van der Waals surface area contributed by atoms with Crippen molar-refractivity contribution in [2.45, 2.75) is 19.8 Å². The third-order valence-corrected chi connectivity index (χ3v) is 4.82. The molecular formula is C21H28N4O. The molecule has 0 unspecified atom stereocenters. The quantitative estimate of drug-likeness (QED) is 0.779. The van der Waals surface area contributed by atoms with Gasteiger partial charge in [-0.25, -0.2) is 0 Å². The Bertz CT molecular complexity index is 696. The molecule has 0 atom stereocenters. The Hall–Kier alpha value is -2.40. The minimum absolute atomic E-state index is 0.0858. The van der Waals surface area contributed by atoms with E-state index in [1.54, 1.807) is 12.3 Å². The van der Waals surface area contributed by atoms with Crippen LogP contribution in [0.4, 0.5) is 5.69 Å². The van der Waals surface area contributed by atoms with Crippen molar-refractivity contribution in [2.24, 2.45) is 0 Å². The fraction of sp³-hybridized carbons (Fsp3) is 0.429. The molecule has 0 spiro atoms. The van der Waals surface area contributed by atoms with Crippen molar-refractivity contribution in [2.75, 3.05) is 44.2 Å². The largest absolute Gasteiger partial charge is 0.369 e. The lowest BCUT2D eigenvalue weighted by Crippen LogP contribution is -2.46. The fourth-order valence-electron chi connectivity index (χ4n) is 3.30. The molecule has 0 radical (unpaired) electrons. The van der Waals surface area contributed by atoms with Gasteiger partial charge in [0.2, 0.25) is 0 Å². The summed E-state index contributed by atoms with van der Waals surface area (Å²) in [5, 5.41) is 2.94. The van der Waals surface area contributed by atoms with Gasteiger partial charge in [0.1, 0.15) is 5.69 Å². The van der Waals surface area contributed by atoms with Gasteiger partial charge in [0, 0.05) is 44.6 Å². The molecule has 1 saturated heterocycles. The van der Waals surface area contributed by atoms with Crippen molar-refractivity contribution in [1.82, 2.24) is 15.2 Å². The first-order valence-electron chi connectivity index (χ1n) is 9.45. The summed E-state index contributed by atoms with van der Waals surface area (Å²) in [4.78, 5) is 21.0. The Morgan fingerprint density at radius 3 is 2.65 bits per heavy atom. The van der Waals surface area contributed by atoms with Gasteiger partial charge in [0.25, 0.3) is 5.91 Å². The summed E-state index contributed by atoms with van der Waals surface area (Å²) in [6, 6.07) is 14.1. The summed E-state index contributed by atoms with van der Waals surface area (Å²) in [6.07, 6.45) is 3.74. The number of benzene rings is 1. The van der Waals surface area contributed by atoms with Crippen molar-refractivity contribution in [3.63, 3.8) is 0 Å². The van der Waals surface area contributed by atoms with Gasteiger partial charge < -0.3 is 10.2 Å². The number of anilines is 1. The molecule has 1 aromatic heterocycles. The van der Waals surface area contributed by atoms with Crippen molar-refractivity contribution < 1.29 is 4.79 Å². The van der Waals surface area contributed by atoms with E-state index in [4.69, 9.17) is 0 Å². The highest BCUT2D eigenvalue weighted by atomic mass is 16.1. The van der Waals surface area contributed by atoms with Crippen LogP contribution in [0.5, 0.6) is 0 Å². The summed E-state index contributed by atoms with van der Waals surface area (Å²) in [7, 11) is 0. The molecule has 1 aliphatic heterocycles. The Balaban J connectivity index is 1.30. The molecule has 0 saturated carbocycles. The summed E-state index contributed by atoms with van der Waals surface area (Å²) in [5.74, 6) is -0.0858. The van der Waals surface area contributed by atoms with E-state index in [2.05, 4.69) is 51.3 Å². The van der Waals surface area contributed by atoms with Crippen molar-refractivity contribution >= 4 is 11.6 Å². The third kappa shape index (κ3) is 5.30. The smallest absolute Gasteiger partial charge is 0.269 e. The van der Waals surface area contributed by atoms with Crippen LogP contribution in [0.1, 0.15) is 28.9 Å². The molecule has 26 heavy (non-hydrogen) atoms. The van der Waals surface area contributed by atoms with E-state index < -0.39 is 0 Å². The normalized spacial score (nSPS) is 15.0. The topological polar surface area (TPSA) is 48.5 Å². The first kappa shape index (κ1) is 18.4. The number of nitrogens with zero attached hydrogens (tertiary/aromatic N) is 3. The zero-order chi connectivity index (χ0) is 18.2. The van der Waals surface area contributed by atoms with Crippen molar-refractivity contribution in [1.29, 1.82) is 0 Å². The molecule has 1 aliphatic rings. The zero-order valence-corrected chi connectivity index (χ0v) is 15.5. The number of piperazine rings is 1. The fourth-order valence-corrected chi connectivity index (χ4v) is 3.30. The Labute approximate surface area is 156 Å². The summed E-state index contributed by atoms with van der Waals surface area (Å²) >= 11 is 0. The van der Waals surface area contributed by atoms with E-state index in [1.807, 2.05) is 12.1 Å². The Morgan fingerprint density at radius 2 is 1.92 bits per heavy atom. The molecular weight excluding hydrogens is 324 g/mol. The first-order chi connectivity index (χ1) is 12.7. The van der Waals surface area contributed by atoms with E-state index in [0.29, 0.717) is 12.2 Å². The number of aryl methyl sites for hydroxylation is 1. The number of pyridine rings is 1. The Kier molecular flexibility index (Phi) is 6.61. The van der Waals surface area contributed by atoms with E-state index in [1.165, 1.54) is 11.3 Å². The number of hydrogen-bond acceptors (Lipinski definition) is 4. The number of nitrogens with one attached hydrogen (secondary N) is 1. The maximum atomic E-state index is 11.9. The van der Waals surface area contributed by atoms with E-state index in [0.717, 1.165) is 45.6 Å². The number of aromatic nitrogens is 1. The van der Waals surface area contributed by atoms with Crippen LogP contribution in [0.15, 0.2) is 48.7 Å². The molecule has 0 bridgehead atoms. The zero-order valence-electron chi connectivity index (χ0n) is 15.5. The van der Waals surface area contributed by atoms with Crippen molar-refractivity contribution in [3.05, 3.63) is 59.9 Å². The number of rotatable bonds is 7. The highest BCUT2D eigenvalue weighted by Crippen LogP contribution is 2.17. The standard InChI is InChI=1S/C21H28N4O/c1-18-7-6-8-19(17-18)25-15-13-24(14-16-25)12-5-4-11-23-21(26)20-9-2-3-10-22-20/h2-3,6-10,17H,4-5,11-16H2,1H3,(H,23,26). The van der Waals surface area contributed by atoms with Gasteiger partial charge in [-0.05, 0) is 56.1 Å². The highest BCUT2D eigenvalue weighted by Gasteiger charge is 2.16. The molecule has 1 N–H and O–H groups in total. The second-order valence-corrected chi connectivity index (χ2v) is 6.85. The lowest BCUT2D eigenvalue weighted by Gasteiger charge is -2.36. The van der Waals surface area contributed by atoms with Crippen molar-refractivity contribution in [3.8, 4) is 0 Å². The van der Waals surface area contributed by atoms with E-state index >= 15 is 0 Å². The monoisotopic (exact) mass is 352 g/mol. The molecule has 138 valence electrons. The van der Waals surface area contributed by atoms with Crippen LogP contribution in [0.3, 0.4) is 0 Å². The van der Waals surface area contributed by atoms with Crippen LogP contribution in [-0.2, 0) is 0 Å². The van der Waals surface area contributed by atoms with E-state index in [-0.39, 0.29) is 5.91 Å². The highest BCUT2D eigenvalue weighted by molar-refractivity contribution is 5.92. The van der Waals surface area contributed by atoms with Crippen LogP contribution >= 0.6 is 0 Å². The molecule has 2 heterocycles. The molecule has 1 fully saturated rings. The van der Waals surface area contributed by atoms with Crippen LogP contribution < -0.4 is 10.2 Å². The van der Waals surface area contributed by atoms with Crippen LogP contribution in [0.2, 0.25) is 0 Å². The third-order valence-electron chi connectivity index (χ3n) is 4.82. The van der Waals surface area contributed by atoms with Gasteiger partial charge in [-0.2, -0.15) is 0 Å². The van der Waals surface area contributed by atoms with Gasteiger partial charge in [-0.3, -0.25) is 14.7 Å². The number of carbonyl (C=O) groups is 1. The molecule has 5 nitrogen and oxygen atoms in total. The van der Waals surface area contributed by atoms with Crippen LogP contribution in [0, 0.1) is 6.92 Å². The number of hydrogen-bond donors (Lipinski definition) is 1. The molecule has 0 aliphatic carbocycles.